The molecule has 3 aromatic carbocycles. The van der Waals surface area contributed by atoms with E-state index >= 15 is 0 Å². The van der Waals surface area contributed by atoms with Gasteiger partial charge in [0, 0.05) is 17.0 Å². The highest BCUT2D eigenvalue weighted by Gasteiger charge is 2.36. The number of benzene rings is 3. The van der Waals surface area contributed by atoms with Crippen molar-refractivity contribution in [2.75, 3.05) is 19.8 Å². The second kappa shape index (κ2) is 12.6. The van der Waals surface area contributed by atoms with Crippen molar-refractivity contribution in [3.05, 3.63) is 93.5 Å². The number of aryl methyl sites for hydroxylation is 1. The molecule has 3 aromatic rings. The number of fused-ring (bicyclic) bond motifs is 1. The first-order chi connectivity index (χ1) is 19.4. The molecule has 0 spiro atoms. The summed E-state index contributed by atoms with van der Waals surface area (Å²) in [6.45, 7) is 2.90. The topological polar surface area (TPSA) is 96.6 Å². The fraction of sp³-hybridized carbons (Fsp3) is 0.172. The zero-order valence-corrected chi connectivity index (χ0v) is 23.7. The Labute approximate surface area is 245 Å². The monoisotopic (exact) mass is 594 g/mol. The van der Waals surface area contributed by atoms with Gasteiger partial charge in [-0.05, 0) is 60.7 Å². The van der Waals surface area contributed by atoms with Crippen LogP contribution in [0.25, 0.3) is 6.08 Å². The molecule has 0 unspecified atom stereocenters. The molecule has 5 rings (SSSR count). The predicted molar refractivity (Wildman–Crippen MR) is 160 cm³/mol. The molecule has 0 aromatic heterocycles. The third-order valence-electron chi connectivity index (χ3n) is 5.83. The van der Waals surface area contributed by atoms with E-state index in [2.05, 4.69) is 10.1 Å². The Kier molecular flexibility index (Phi) is 8.74. The van der Waals surface area contributed by atoms with Crippen LogP contribution < -0.4 is 14.2 Å². The number of carbonyl (C=O) groups excluding carboxylic acids is 1. The van der Waals surface area contributed by atoms with Gasteiger partial charge in [-0.3, -0.25) is 10.2 Å². The van der Waals surface area contributed by atoms with Crippen molar-refractivity contribution < 1.29 is 19.0 Å². The predicted octanol–water partition coefficient (Wildman–Crippen LogP) is 6.85. The second-order valence-corrected chi connectivity index (χ2v) is 10.6. The normalized spacial score (nSPS) is 15.6. The standard InChI is InChI=1S/C29H24Cl2N4O4S/c1-18-8-5-6-11-24(18)39-17-25-34-35-27(32)22(28(36)33-29(35)40-25)15-19-14-20(30)16-23(31)26(19)38-13-7-12-37-21-9-3-2-4-10-21/h2-6,8-11,14-16,32H,7,12-13,17H2,1H3. The first-order valence-electron chi connectivity index (χ1n) is 12.4. The molecular formula is C29H24Cl2N4O4S. The number of thioether (sulfide) groups is 1. The molecule has 0 radical (unpaired) electrons. The fourth-order valence-corrected chi connectivity index (χ4v) is 5.24. The number of rotatable bonds is 10. The molecule has 0 saturated carbocycles. The minimum absolute atomic E-state index is 0.0322. The number of nitrogens with one attached hydrogen (secondary N) is 1. The lowest BCUT2D eigenvalue weighted by Gasteiger charge is -2.20. The van der Waals surface area contributed by atoms with Crippen LogP contribution in [0.2, 0.25) is 10.0 Å². The first-order valence-corrected chi connectivity index (χ1v) is 13.9. The molecule has 40 heavy (non-hydrogen) atoms. The van der Waals surface area contributed by atoms with Crippen LogP contribution in [0.5, 0.6) is 17.2 Å². The Bertz CT molecular complexity index is 1540. The number of carbonyl (C=O) groups is 1. The molecule has 0 saturated heterocycles. The van der Waals surface area contributed by atoms with Gasteiger partial charge in [0.2, 0.25) is 5.17 Å². The van der Waals surface area contributed by atoms with Gasteiger partial charge in [-0.2, -0.15) is 15.1 Å². The summed E-state index contributed by atoms with van der Waals surface area (Å²) in [6.07, 6.45) is 2.10. The lowest BCUT2D eigenvalue weighted by atomic mass is 10.1. The van der Waals surface area contributed by atoms with Crippen LogP contribution in [0.3, 0.4) is 0 Å². The van der Waals surface area contributed by atoms with Crippen molar-refractivity contribution in [3.63, 3.8) is 0 Å². The zero-order chi connectivity index (χ0) is 28.1. The molecule has 0 bridgehead atoms. The number of para-hydroxylation sites is 2. The SMILES string of the molecule is Cc1ccccc1OCC1=NN2C(=N)C(=Cc3cc(Cl)cc(Cl)c3OCCCOc3ccccc3)C(=O)N=C2S1. The van der Waals surface area contributed by atoms with E-state index in [0.29, 0.717) is 46.2 Å². The summed E-state index contributed by atoms with van der Waals surface area (Å²) in [6, 6.07) is 20.3. The number of amidine groups is 2. The second-order valence-electron chi connectivity index (χ2n) is 8.74. The van der Waals surface area contributed by atoms with E-state index in [-0.39, 0.29) is 23.0 Å². The summed E-state index contributed by atoms with van der Waals surface area (Å²) in [5.74, 6) is 1.17. The maximum absolute atomic E-state index is 13.0. The molecular weight excluding hydrogens is 571 g/mol. The summed E-state index contributed by atoms with van der Waals surface area (Å²) < 4.78 is 17.5. The highest BCUT2D eigenvalue weighted by Crippen LogP contribution is 2.36. The van der Waals surface area contributed by atoms with Crippen molar-refractivity contribution in [2.24, 2.45) is 10.1 Å². The Hall–Kier alpha value is -3.79. The van der Waals surface area contributed by atoms with Gasteiger partial charge in [0.1, 0.15) is 28.9 Å². The van der Waals surface area contributed by atoms with E-state index in [9.17, 15) is 4.79 Å². The van der Waals surface area contributed by atoms with E-state index in [1.54, 1.807) is 12.1 Å². The number of ether oxygens (including phenoxy) is 3. The van der Waals surface area contributed by atoms with Gasteiger partial charge in [0.05, 0.1) is 23.8 Å². The number of halogens is 2. The molecule has 2 aliphatic heterocycles. The van der Waals surface area contributed by atoms with Crippen LogP contribution in [0.1, 0.15) is 17.5 Å². The highest BCUT2D eigenvalue weighted by molar-refractivity contribution is 8.27. The molecule has 11 heteroatoms. The highest BCUT2D eigenvalue weighted by atomic mass is 35.5. The van der Waals surface area contributed by atoms with E-state index in [0.717, 1.165) is 17.1 Å². The van der Waals surface area contributed by atoms with Gasteiger partial charge in [0.25, 0.3) is 5.91 Å². The summed E-state index contributed by atoms with van der Waals surface area (Å²) in [7, 11) is 0. The largest absolute Gasteiger partial charge is 0.493 e. The summed E-state index contributed by atoms with van der Waals surface area (Å²) in [5.41, 5.74) is 1.48. The van der Waals surface area contributed by atoms with E-state index < -0.39 is 5.91 Å². The van der Waals surface area contributed by atoms with Crippen LogP contribution in [0, 0.1) is 12.3 Å². The molecule has 8 nitrogen and oxygen atoms in total. The Morgan fingerprint density at radius 1 is 1.00 bits per heavy atom. The number of hydrazone groups is 1. The molecule has 204 valence electrons. The maximum Gasteiger partial charge on any atom is 0.283 e. The van der Waals surface area contributed by atoms with E-state index in [4.69, 9.17) is 42.8 Å². The minimum atomic E-state index is -0.571. The lowest BCUT2D eigenvalue weighted by molar-refractivity contribution is -0.114. The quantitative estimate of drug-likeness (QED) is 0.204. The van der Waals surface area contributed by atoms with Crippen LogP contribution in [0.4, 0.5) is 0 Å². The fourth-order valence-electron chi connectivity index (χ4n) is 3.88. The third-order valence-corrected chi connectivity index (χ3v) is 7.21. The average molecular weight is 596 g/mol. The van der Waals surface area contributed by atoms with Gasteiger partial charge in [0.15, 0.2) is 5.84 Å². The molecule has 0 fully saturated rings. The van der Waals surface area contributed by atoms with Crippen LogP contribution >= 0.6 is 35.0 Å². The minimum Gasteiger partial charge on any atom is -0.493 e. The third kappa shape index (κ3) is 6.50. The van der Waals surface area contributed by atoms with Crippen LogP contribution in [-0.4, -0.2) is 46.8 Å². The van der Waals surface area contributed by atoms with Crippen molar-refractivity contribution in [1.82, 2.24) is 5.01 Å². The molecule has 0 atom stereocenters. The summed E-state index contributed by atoms with van der Waals surface area (Å²) >= 11 is 13.9. The van der Waals surface area contributed by atoms with Gasteiger partial charge in [-0.15, -0.1) is 0 Å². The van der Waals surface area contributed by atoms with Gasteiger partial charge >= 0.3 is 0 Å². The first kappa shape index (κ1) is 27.8. The van der Waals surface area contributed by atoms with Crippen LogP contribution in [-0.2, 0) is 4.79 Å². The van der Waals surface area contributed by atoms with Gasteiger partial charge in [-0.25, -0.2) is 0 Å². The Morgan fingerprint density at radius 3 is 2.55 bits per heavy atom. The average Bonchev–Trinajstić information content (AvgIpc) is 3.35. The number of nitrogens with zero attached hydrogens (tertiary/aromatic N) is 3. The van der Waals surface area contributed by atoms with E-state index in [1.807, 2.05) is 61.5 Å². The summed E-state index contributed by atoms with van der Waals surface area (Å²) in [5, 5.41) is 16.0. The maximum atomic E-state index is 13.0. The molecule has 1 N–H and O–H groups in total. The van der Waals surface area contributed by atoms with Crippen molar-refractivity contribution >= 4 is 63.0 Å². The zero-order valence-electron chi connectivity index (χ0n) is 21.4. The number of aliphatic imine (C=N–C) groups is 1. The lowest BCUT2D eigenvalue weighted by Crippen LogP contribution is -2.35. The number of amides is 1. The van der Waals surface area contributed by atoms with Crippen molar-refractivity contribution in [3.8, 4) is 17.2 Å². The van der Waals surface area contributed by atoms with Crippen molar-refractivity contribution in [1.29, 1.82) is 5.41 Å². The number of hydrogen-bond donors (Lipinski definition) is 1. The Morgan fingerprint density at radius 2 is 1.75 bits per heavy atom. The summed E-state index contributed by atoms with van der Waals surface area (Å²) in [4.78, 5) is 17.1. The Balaban J connectivity index is 1.29. The van der Waals surface area contributed by atoms with Gasteiger partial charge < -0.3 is 14.2 Å². The molecule has 2 aliphatic rings. The smallest absolute Gasteiger partial charge is 0.283 e. The number of hydrogen-bond acceptors (Lipinski definition) is 7. The van der Waals surface area contributed by atoms with Crippen LogP contribution in [0.15, 0.2) is 82.4 Å². The van der Waals surface area contributed by atoms with Gasteiger partial charge in [-0.1, -0.05) is 59.6 Å². The molecule has 2 heterocycles. The molecule has 1 amide bonds. The van der Waals surface area contributed by atoms with Crippen molar-refractivity contribution in [2.45, 2.75) is 13.3 Å². The van der Waals surface area contributed by atoms with E-state index in [1.165, 1.54) is 22.8 Å². The molecule has 0 aliphatic carbocycles.